The number of primary amides is 1. The lowest BCUT2D eigenvalue weighted by Gasteiger charge is -2.09. The Morgan fingerprint density at radius 2 is 2.29 bits per heavy atom. The number of anilines is 1. The summed E-state index contributed by atoms with van der Waals surface area (Å²) in [5, 5.41) is 4.95. The van der Waals surface area contributed by atoms with Crippen molar-refractivity contribution in [3.05, 3.63) is 50.6 Å². The van der Waals surface area contributed by atoms with Crippen molar-refractivity contribution in [3.63, 3.8) is 0 Å². The fourth-order valence-corrected chi connectivity index (χ4v) is 2.61. The molecule has 0 bridgehead atoms. The molecule has 0 aromatic carbocycles. The number of thiophene rings is 1. The Hall–Kier alpha value is -2.12. The lowest BCUT2D eigenvalue weighted by Crippen LogP contribution is -2.21. The number of ether oxygens (including phenoxy) is 1. The van der Waals surface area contributed by atoms with Gasteiger partial charge in [-0.1, -0.05) is 0 Å². The Morgan fingerprint density at radius 3 is 2.95 bits per heavy atom. The largest absolute Gasteiger partial charge is 0.383 e. The predicted octanol–water partition coefficient (Wildman–Crippen LogP) is 1.27. The first-order valence-electron chi connectivity index (χ1n) is 6.40. The van der Waals surface area contributed by atoms with Crippen LogP contribution in [-0.4, -0.2) is 24.2 Å². The first-order valence-corrected chi connectivity index (χ1v) is 7.28. The molecule has 0 aliphatic carbocycles. The van der Waals surface area contributed by atoms with Gasteiger partial charge < -0.3 is 20.4 Å². The fraction of sp³-hybridized carbons (Fsp3) is 0.286. The summed E-state index contributed by atoms with van der Waals surface area (Å²) >= 11 is 1.47. The Morgan fingerprint density at radius 1 is 1.48 bits per heavy atom. The van der Waals surface area contributed by atoms with Crippen molar-refractivity contribution in [2.75, 3.05) is 19.0 Å². The molecule has 0 atom stereocenters. The number of aromatic nitrogens is 1. The molecule has 2 aromatic rings. The predicted molar refractivity (Wildman–Crippen MR) is 82.7 cm³/mol. The van der Waals surface area contributed by atoms with Gasteiger partial charge in [0.05, 0.1) is 17.9 Å². The van der Waals surface area contributed by atoms with Gasteiger partial charge in [0.15, 0.2) is 0 Å². The van der Waals surface area contributed by atoms with E-state index in [0.29, 0.717) is 25.3 Å². The van der Waals surface area contributed by atoms with Crippen molar-refractivity contribution in [2.24, 2.45) is 5.73 Å². The fourth-order valence-electron chi connectivity index (χ4n) is 1.79. The van der Waals surface area contributed by atoms with Gasteiger partial charge in [0.2, 0.25) is 5.91 Å². The maximum atomic E-state index is 11.7. The Kier molecular flexibility index (Phi) is 5.13. The van der Waals surface area contributed by atoms with E-state index >= 15 is 0 Å². The monoisotopic (exact) mass is 307 g/mol. The maximum absolute atomic E-state index is 11.7. The summed E-state index contributed by atoms with van der Waals surface area (Å²) in [7, 11) is 1.60. The van der Waals surface area contributed by atoms with Crippen molar-refractivity contribution in [2.45, 2.75) is 13.1 Å². The van der Waals surface area contributed by atoms with E-state index in [9.17, 15) is 9.59 Å². The summed E-state index contributed by atoms with van der Waals surface area (Å²) in [6, 6.07) is 5.01. The van der Waals surface area contributed by atoms with Gasteiger partial charge in [-0.15, -0.1) is 11.3 Å². The molecule has 0 radical (unpaired) electrons. The lowest BCUT2D eigenvalue weighted by molar-refractivity contribution is 0.100. The second-order valence-electron chi connectivity index (χ2n) is 4.46. The van der Waals surface area contributed by atoms with Crippen LogP contribution in [0.15, 0.2) is 34.6 Å². The molecule has 0 aliphatic heterocycles. The highest BCUT2D eigenvalue weighted by atomic mass is 32.1. The molecule has 0 aliphatic rings. The third-order valence-corrected chi connectivity index (χ3v) is 3.86. The molecule has 0 unspecified atom stereocenters. The van der Waals surface area contributed by atoms with Crippen molar-refractivity contribution in [1.29, 1.82) is 0 Å². The number of carbonyl (C=O) groups excluding carboxylic acids is 1. The number of methoxy groups -OCH3 is 1. The van der Waals surface area contributed by atoms with Gasteiger partial charge in [0.25, 0.3) is 5.56 Å². The molecule has 112 valence electrons. The van der Waals surface area contributed by atoms with Crippen molar-refractivity contribution in [1.82, 2.24) is 4.57 Å². The third kappa shape index (κ3) is 4.17. The number of hydrogen-bond acceptors (Lipinski definition) is 5. The van der Waals surface area contributed by atoms with Crippen LogP contribution in [0.25, 0.3) is 0 Å². The van der Waals surface area contributed by atoms with Crippen LogP contribution in [0.5, 0.6) is 0 Å². The van der Waals surface area contributed by atoms with Gasteiger partial charge in [-0.2, -0.15) is 0 Å². The summed E-state index contributed by atoms with van der Waals surface area (Å²) in [5.41, 5.74) is 6.50. The van der Waals surface area contributed by atoms with Crippen LogP contribution in [0.1, 0.15) is 15.2 Å². The van der Waals surface area contributed by atoms with Crippen LogP contribution in [-0.2, 0) is 17.8 Å². The van der Waals surface area contributed by atoms with Gasteiger partial charge in [-0.3, -0.25) is 9.59 Å². The summed E-state index contributed by atoms with van der Waals surface area (Å²) < 4.78 is 6.57. The molecule has 7 heteroatoms. The normalized spacial score (nSPS) is 10.5. The first kappa shape index (κ1) is 15.3. The second kappa shape index (κ2) is 7.05. The molecule has 0 fully saturated rings. The average Bonchev–Trinajstić information content (AvgIpc) is 2.94. The number of nitrogens with one attached hydrogen (secondary N) is 1. The first-order chi connectivity index (χ1) is 10.1. The Bertz CT molecular complexity index is 678. The summed E-state index contributed by atoms with van der Waals surface area (Å²) in [6.07, 6.45) is 1.75. The van der Waals surface area contributed by atoms with Crippen LogP contribution < -0.4 is 16.6 Å². The zero-order chi connectivity index (χ0) is 15.2. The summed E-state index contributed by atoms with van der Waals surface area (Å²) in [5.74, 6) is -0.425. The zero-order valence-electron chi connectivity index (χ0n) is 11.7. The number of carbonyl (C=O) groups is 1. The Balaban J connectivity index is 2.02. The minimum atomic E-state index is -0.425. The van der Waals surface area contributed by atoms with Gasteiger partial charge >= 0.3 is 0 Å². The standard InChI is InChI=1S/C14H17N3O3S/c1-20-5-4-17-8-11(2-3-13(17)18)16-7-12-6-10(9-21-12)14(15)19/h2-3,6,8-9,16H,4-5,7H2,1H3,(H2,15,19). The molecule has 0 saturated carbocycles. The van der Waals surface area contributed by atoms with Crippen LogP contribution in [0, 0.1) is 0 Å². The number of nitrogens with zero attached hydrogens (tertiary/aromatic N) is 1. The lowest BCUT2D eigenvalue weighted by atomic mass is 10.3. The maximum Gasteiger partial charge on any atom is 0.250 e. The van der Waals surface area contributed by atoms with Crippen molar-refractivity contribution >= 4 is 22.9 Å². The van der Waals surface area contributed by atoms with Crippen LogP contribution in [0.3, 0.4) is 0 Å². The van der Waals surface area contributed by atoms with E-state index in [4.69, 9.17) is 10.5 Å². The molecule has 21 heavy (non-hydrogen) atoms. The van der Waals surface area contributed by atoms with Gasteiger partial charge in [0, 0.05) is 42.7 Å². The minimum absolute atomic E-state index is 0.0651. The van der Waals surface area contributed by atoms with E-state index in [0.717, 1.165) is 10.6 Å². The van der Waals surface area contributed by atoms with Gasteiger partial charge in [0.1, 0.15) is 0 Å². The van der Waals surface area contributed by atoms with Gasteiger partial charge in [-0.25, -0.2) is 0 Å². The van der Waals surface area contributed by atoms with E-state index in [1.165, 1.54) is 17.4 Å². The zero-order valence-corrected chi connectivity index (χ0v) is 12.5. The van der Waals surface area contributed by atoms with E-state index < -0.39 is 5.91 Å². The highest BCUT2D eigenvalue weighted by Crippen LogP contribution is 2.16. The highest BCUT2D eigenvalue weighted by Gasteiger charge is 2.05. The van der Waals surface area contributed by atoms with E-state index in [1.807, 2.05) is 0 Å². The SMILES string of the molecule is COCCn1cc(NCc2cc(C(N)=O)cs2)ccc1=O. The highest BCUT2D eigenvalue weighted by molar-refractivity contribution is 7.10. The molecule has 2 rings (SSSR count). The molecule has 2 heterocycles. The van der Waals surface area contributed by atoms with Crippen LogP contribution in [0.4, 0.5) is 5.69 Å². The molecule has 1 amide bonds. The van der Waals surface area contributed by atoms with E-state index in [-0.39, 0.29) is 5.56 Å². The second-order valence-corrected chi connectivity index (χ2v) is 5.46. The molecule has 2 aromatic heterocycles. The number of hydrogen-bond donors (Lipinski definition) is 2. The van der Waals surface area contributed by atoms with Crippen LogP contribution >= 0.6 is 11.3 Å². The number of pyridine rings is 1. The van der Waals surface area contributed by atoms with Gasteiger partial charge in [-0.05, 0) is 12.1 Å². The number of rotatable bonds is 7. The molecular weight excluding hydrogens is 290 g/mol. The summed E-state index contributed by atoms with van der Waals surface area (Å²) in [6.45, 7) is 1.56. The topological polar surface area (TPSA) is 86.3 Å². The average molecular weight is 307 g/mol. The smallest absolute Gasteiger partial charge is 0.250 e. The molecule has 3 N–H and O–H groups in total. The summed E-state index contributed by atoms with van der Waals surface area (Å²) in [4.78, 5) is 23.7. The molecular formula is C14H17N3O3S. The molecule has 0 spiro atoms. The number of amides is 1. The van der Waals surface area contributed by atoms with E-state index in [1.54, 1.807) is 35.4 Å². The number of nitrogens with two attached hydrogens (primary N) is 1. The molecule has 0 saturated heterocycles. The van der Waals surface area contributed by atoms with Crippen molar-refractivity contribution < 1.29 is 9.53 Å². The molecule has 6 nitrogen and oxygen atoms in total. The quantitative estimate of drug-likeness (QED) is 0.806. The minimum Gasteiger partial charge on any atom is -0.383 e. The van der Waals surface area contributed by atoms with E-state index in [2.05, 4.69) is 5.32 Å². The Labute approximate surface area is 126 Å². The third-order valence-electron chi connectivity index (χ3n) is 2.92. The van der Waals surface area contributed by atoms with Crippen LogP contribution in [0.2, 0.25) is 0 Å². The van der Waals surface area contributed by atoms with Crippen molar-refractivity contribution in [3.8, 4) is 0 Å².